The Hall–Kier alpha value is -4.53. The summed E-state index contributed by atoms with van der Waals surface area (Å²) in [6, 6.07) is 8.76. The highest BCUT2D eigenvalue weighted by Crippen LogP contribution is 2.34. The van der Waals surface area contributed by atoms with Gasteiger partial charge in [0, 0.05) is 52.8 Å². The predicted octanol–water partition coefficient (Wildman–Crippen LogP) is 3.73. The Kier molecular flexibility index (Phi) is 6.12. The highest BCUT2D eigenvalue weighted by Gasteiger charge is 2.14. The van der Waals surface area contributed by atoms with Gasteiger partial charge in [0.05, 0.1) is 14.2 Å². The van der Waals surface area contributed by atoms with E-state index < -0.39 is 11.7 Å². The van der Waals surface area contributed by atoms with Crippen LogP contribution in [-0.4, -0.2) is 41.5 Å². The maximum Gasteiger partial charge on any atom is 0.250 e. The van der Waals surface area contributed by atoms with Crippen molar-refractivity contribution in [2.24, 2.45) is 0 Å². The zero-order valence-corrected chi connectivity index (χ0v) is 17.8. The minimum atomic E-state index is -0.665. The minimum Gasteiger partial charge on any atom is -0.494 e. The van der Waals surface area contributed by atoms with E-state index in [0.29, 0.717) is 17.1 Å². The van der Waals surface area contributed by atoms with E-state index in [0.717, 1.165) is 28.2 Å². The lowest BCUT2D eigenvalue weighted by molar-refractivity contribution is -0.121. The number of halogens is 1. The van der Waals surface area contributed by atoms with Gasteiger partial charge >= 0.3 is 0 Å². The van der Waals surface area contributed by atoms with Gasteiger partial charge < -0.3 is 14.5 Å². The number of nitrogens with zero attached hydrogens (tertiary/aromatic N) is 2. The highest BCUT2D eigenvalue weighted by molar-refractivity contribution is 5.98. The van der Waals surface area contributed by atoms with Crippen molar-refractivity contribution in [3.63, 3.8) is 0 Å². The third kappa shape index (κ3) is 4.42. The second kappa shape index (κ2) is 9.31. The molecule has 1 aromatic carbocycles. The molecule has 0 saturated carbocycles. The Morgan fingerprint density at radius 1 is 1.09 bits per heavy atom. The van der Waals surface area contributed by atoms with Crippen LogP contribution < -0.4 is 14.8 Å². The fraction of sp³-hybridized carbons (Fsp3) is 0.0833. The van der Waals surface area contributed by atoms with Gasteiger partial charge in [0.1, 0.15) is 5.65 Å². The number of H-pyrrole nitrogens is 1. The molecule has 0 aliphatic rings. The number of amides is 2. The van der Waals surface area contributed by atoms with Gasteiger partial charge in [-0.1, -0.05) is 0 Å². The van der Waals surface area contributed by atoms with Crippen LogP contribution in [0.2, 0.25) is 0 Å². The molecule has 0 atom stereocenters. The molecule has 0 bridgehead atoms. The molecule has 3 aromatic heterocycles. The standard InChI is InChI=1S/C24H19FN4O4/c1-32-20-9-16(7-15(23(20)25)3-4-21(31)29-13-30)17-8-18-19(12-28-24(18)27-11-17)14-5-6-26-22(10-14)33-2/h3-13H,1-2H3,(H,27,28)(H,29,30,31). The number of fused-ring (bicyclic) bond motifs is 1. The third-order valence-corrected chi connectivity index (χ3v) is 5.02. The van der Waals surface area contributed by atoms with Crippen molar-refractivity contribution < 1.29 is 23.5 Å². The van der Waals surface area contributed by atoms with Crippen molar-refractivity contribution in [2.75, 3.05) is 14.2 Å². The number of aromatic amines is 1. The molecule has 4 aromatic rings. The third-order valence-electron chi connectivity index (χ3n) is 5.02. The quantitative estimate of drug-likeness (QED) is 0.331. The van der Waals surface area contributed by atoms with Crippen LogP contribution in [0.5, 0.6) is 11.6 Å². The summed E-state index contributed by atoms with van der Waals surface area (Å²) in [6.45, 7) is 0. The monoisotopic (exact) mass is 446 g/mol. The Morgan fingerprint density at radius 2 is 1.94 bits per heavy atom. The van der Waals surface area contributed by atoms with Crippen molar-refractivity contribution in [1.82, 2.24) is 20.3 Å². The van der Waals surface area contributed by atoms with Gasteiger partial charge in [0.15, 0.2) is 11.6 Å². The second-order valence-corrected chi connectivity index (χ2v) is 6.95. The summed E-state index contributed by atoms with van der Waals surface area (Å²) in [5, 5.41) is 2.82. The molecule has 0 radical (unpaired) electrons. The van der Waals surface area contributed by atoms with Crippen LogP contribution in [0, 0.1) is 5.82 Å². The smallest absolute Gasteiger partial charge is 0.250 e. The normalized spacial score (nSPS) is 11.0. The van der Waals surface area contributed by atoms with Gasteiger partial charge in [-0.2, -0.15) is 0 Å². The lowest BCUT2D eigenvalue weighted by Crippen LogP contribution is -2.18. The van der Waals surface area contributed by atoms with E-state index in [-0.39, 0.29) is 17.7 Å². The molecular weight excluding hydrogens is 427 g/mol. The molecule has 4 rings (SSSR count). The first-order valence-electron chi connectivity index (χ1n) is 9.81. The van der Waals surface area contributed by atoms with E-state index in [2.05, 4.69) is 15.0 Å². The Balaban J connectivity index is 1.80. The van der Waals surface area contributed by atoms with Gasteiger partial charge in [0.25, 0.3) is 0 Å². The first kappa shape index (κ1) is 21.7. The Labute approximate surface area is 188 Å². The summed E-state index contributed by atoms with van der Waals surface area (Å²) in [7, 11) is 2.91. The topological polar surface area (TPSA) is 106 Å². The molecule has 0 aliphatic heterocycles. The molecule has 166 valence electrons. The van der Waals surface area contributed by atoms with Crippen LogP contribution in [0.15, 0.2) is 55.0 Å². The first-order valence-corrected chi connectivity index (χ1v) is 9.81. The van der Waals surface area contributed by atoms with Gasteiger partial charge in [-0.25, -0.2) is 14.4 Å². The molecule has 2 amide bonds. The number of benzene rings is 1. The molecule has 0 aliphatic carbocycles. The second-order valence-electron chi connectivity index (χ2n) is 6.95. The molecule has 0 spiro atoms. The van der Waals surface area contributed by atoms with Crippen molar-refractivity contribution >= 4 is 29.4 Å². The van der Waals surface area contributed by atoms with Crippen LogP contribution in [0.3, 0.4) is 0 Å². The fourth-order valence-corrected chi connectivity index (χ4v) is 3.42. The number of imide groups is 1. The summed E-state index contributed by atoms with van der Waals surface area (Å²) in [5.41, 5.74) is 3.96. The van der Waals surface area contributed by atoms with Gasteiger partial charge in [-0.15, -0.1) is 0 Å². The zero-order chi connectivity index (χ0) is 23.4. The number of nitrogens with one attached hydrogen (secondary N) is 2. The van der Waals surface area contributed by atoms with E-state index in [1.54, 1.807) is 31.6 Å². The number of ether oxygens (including phenoxy) is 2. The van der Waals surface area contributed by atoms with Gasteiger partial charge in [0.2, 0.25) is 18.2 Å². The molecule has 2 N–H and O–H groups in total. The number of carbonyl (C=O) groups is 2. The van der Waals surface area contributed by atoms with Crippen molar-refractivity contribution in [1.29, 1.82) is 0 Å². The number of carbonyl (C=O) groups excluding carboxylic acids is 2. The SMILES string of the molecule is COc1cc(-c2c[nH]c3ncc(-c4cc(C=CC(=O)NC=O)c(F)c(OC)c4)cc23)ccn1. The van der Waals surface area contributed by atoms with Crippen molar-refractivity contribution in [3.05, 3.63) is 66.4 Å². The molecular formula is C24H19FN4O4. The number of methoxy groups -OCH3 is 2. The number of aromatic nitrogens is 3. The summed E-state index contributed by atoms with van der Waals surface area (Å²) >= 11 is 0. The first-order chi connectivity index (χ1) is 16.0. The van der Waals surface area contributed by atoms with Gasteiger partial charge in [-0.3, -0.25) is 14.9 Å². The number of hydrogen-bond donors (Lipinski definition) is 2. The maximum absolute atomic E-state index is 14.7. The fourth-order valence-electron chi connectivity index (χ4n) is 3.42. The van der Waals surface area contributed by atoms with E-state index in [1.165, 1.54) is 13.2 Å². The molecule has 0 fully saturated rings. The molecule has 0 unspecified atom stereocenters. The summed E-state index contributed by atoms with van der Waals surface area (Å²) in [5.74, 6) is -0.793. The van der Waals surface area contributed by atoms with Crippen LogP contribution in [0.25, 0.3) is 39.4 Å². The average Bonchev–Trinajstić information content (AvgIpc) is 3.27. The lowest BCUT2D eigenvalue weighted by atomic mass is 10.0. The Morgan fingerprint density at radius 3 is 2.70 bits per heavy atom. The van der Waals surface area contributed by atoms with E-state index in [4.69, 9.17) is 9.47 Å². The number of hydrogen-bond acceptors (Lipinski definition) is 6. The summed E-state index contributed by atoms with van der Waals surface area (Å²) in [4.78, 5) is 33.7. The molecule has 33 heavy (non-hydrogen) atoms. The highest BCUT2D eigenvalue weighted by atomic mass is 19.1. The number of pyridine rings is 2. The van der Waals surface area contributed by atoms with Gasteiger partial charge in [-0.05, 0) is 41.5 Å². The van der Waals surface area contributed by atoms with E-state index >= 15 is 0 Å². The average molecular weight is 446 g/mol. The Bertz CT molecular complexity index is 1380. The minimum absolute atomic E-state index is 0.0104. The summed E-state index contributed by atoms with van der Waals surface area (Å²) < 4.78 is 25.2. The molecule has 8 nitrogen and oxygen atoms in total. The summed E-state index contributed by atoms with van der Waals surface area (Å²) in [6.07, 6.45) is 7.77. The molecule has 3 heterocycles. The van der Waals surface area contributed by atoms with Crippen LogP contribution in [0.4, 0.5) is 4.39 Å². The van der Waals surface area contributed by atoms with Crippen LogP contribution in [0.1, 0.15) is 5.56 Å². The van der Waals surface area contributed by atoms with Crippen LogP contribution in [-0.2, 0) is 9.59 Å². The van der Waals surface area contributed by atoms with Crippen molar-refractivity contribution in [3.8, 4) is 33.9 Å². The maximum atomic E-state index is 14.7. The zero-order valence-electron chi connectivity index (χ0n) is 17.8. The predicted molar refractivity (Wildman–Crippen MR) is 121 cm³/mol. The number of rotatable bonds is 7. The van der Waals surface area contributed by atoms with E-state index in [9.17, 15) is 14.0 Å². The molecule has 9 heteroatoms. The van der Waals surface area contributed by atoms with E-state index in [1.807, 2.05) is 29.7 Å². The lowest BCUT2D eigenvalue weighted by Gasteiger charge is -2.10. The van der Waals surface area contributed by atoms with Crippen molar-refractivity contribution in [2.45, 2.75) is 0 Å². The largest absolute Gasteiger partial charge is 0.494 e. The van der Waals surface area contributed by atoms with Crippen LogP contribution >= 0.6 is 0 Å². The molecule has 0 saturated heterocycles.